The molecule has 1 heterocycles. The van der Waals surface area contributed by atoms with Gasteiger partial charge in [-0.05, 0) is 50.5 Å². The van der Waals surface area contributed by atoms with Crippen molar-refractivity contribution in [1.82, 2.24) is 0 Å². The Kier molecular flexibility index (Phi) is 5.09. The number of rotatable bonds is 4. The molecule has 0 spiro atoms. The summed E-state index contributed by atoms with van der Waals surface area (Å²) in [5, 5.41) is 0. The Morgan fingerprint density at radius 2 is 1.89 bits per heavy atom. The molecule has 0 radical (unpaired) electrons. The van der Waals surface area contributed by atoms with E-state index in [1.54, 1.807) is 29.2 Å². The molecule has 1 aliphatic carbocycles. The van der Waals surface area contributed by atoms with E-state index < -0.39 is 17.4 Å². The molecule has 2 unspecified atom stereocenters. The minimum absolute atomic E-state index is 0.179. The summed E-state index contributed by atoms with van der Waals surface area (Å²) in [4.78, 5) is 38.4. The molecule has 2 atom stereocenters. The van der Waals surface area contributed by atoms with E-state index in [4.69, 9.17) is 10.5 Å². The third-order valence-corrected chi connectivity index (χ3v) is 5.43. The molecule has 1 aromatic rings. The minimum Gasteiger partial charge on any atom is -0.451 e. The highest BCUT2D eigenvalue weighted by Gasteiger charge is 2.49. The van der Waals surface area contributed by atoms with Crippen LogP contribution in [0.3, 0.4) is 0 Å². The Morgan fingerprint density at radius 3 is 2.44 bits per heavy atom. The fourth-order valence-electron chi connectivity index (χ4n) is 3.67. The molecule has 0 bridgehead atoms. The van der Waals surface area contributed by atoms with Crippen LogP contribution in [0.2, 0.25) is 0 Å². The Morgan fingerprint density at radius 1 is 1.22 bits per heavy atom. The number of esters is 1. The summed E-state index contributed by atoms with van der Waals surface area (Å²) in [6, 6.07) is 6.56. The number of nitrogens with two attached hydrogens (primary N) is 1. The van der Waals surface area contributed by atoms with Crippen LogP contribution in [0.25, 0.3) is 0 Å². The van der Waals surface area contributed by atoms with Gasteiger partial charge in [-0.15, -0.1) is 0 Å². The van der Waals surface area contributed by atoms with Crippen LogP contribution < -0.4 is 10.6 Å². The van der Waals surface area contributed by atoms with Crippen molar-refractivity contribution < 1.29 is 19.1 Å². The number of hydrogen-bond donors (Lipinski definition) is 1. The van der Waals surface area contributed by atoms with Gasteiger partial charge < -0.3 is 15.4 Å². The number of ether oxygens (including phenoxy) is 1. The number of carbonyl (C=O) groups is 3. The molecule has 6 nitrogen and oxygen atoms in total. The SMILES string of the molecule is CC1=CCC(C(=O)OC2C(=O)N(c3ccc(C(N)=O)cc3)CC2(C)C)CC1. The van der Waals surface area contributed by atoms with E-state index in [9.17, 15) is 14.4 Å². The molecule has 3 rings (SSSR count). The molecule has 2 amide bonds. The second-order valence-electron chi connectivity index (χ2n) is 8.16. The molecule has 2 N–H and O–H groups in total. The number of amides is 2. The van der Waals surface area contributed by atoms with Gasteiger partial charge in [0.05, 0.1) is 5.92 Å². The van der Waals surface area contributed by atoms with E-state index in [0.717, 1.165) is 12.8 Å². The van der Waals surface area contributed by atoms with Gasteiger partial charge in [0.15, 0.2) is 6.10 Å². The van der Waals surface area contributed by atoms with Crippen molar-refractivity contribution in [2.45, 2.75) is 46.1 Å². The third-order valence-electron chi connectivity index (χ3n) is 5.43. The maximum Gasteiger partial charge on any atom is 0.310 e. The lowest BCUT2D eigenvalue weighted by atomic mass is 9.88. The number of primary amides is 1. The summed E-state index contributed by atoms with van der Waals surface area (Å²) in [6.45, 7) is 6.34. The van der Waals surface area contributed by atoms with Crippen LogP contribution in [0, 0.1) is 11.3 Å². The van der Waals surface area contributed by atoms with Gasteiger partial charge in [-0.2, -0.15) is 0 Å². The second-order valence-corrected chi connectivity index (χ2v) is 8.16. The summed E-state index contributed by atoms with van der Waals surface area (Å²) in [5.41, 5.74) is 7.09. The average molecular weight is 370 g/mol. The van der Waals surface area contributed by atoms with E-state index in [2.05, 4.69) is 13.0 Å². The second kappa shape index (κ2) is 7.18. The van der Waals surface area contributed by atoms with Gasteiger partial charge in [-0.25, -0.2) is 0 Å². The van der Waals surface area contributed by atoms with Crippen LogP contribution in [-0.4, -0.2) is 30.4 Å². The number of carbonyl (C=O) groups excluding carboxylic acids is 3. The lowest BCUT2D eigenvalue weighted by Crippen LogP contribution is -2.38. The minimum atomic E-state index is -0.812. The number of hydrogen-bond acceptors (Lipinski definition) is 4. The highest BCUT2D eigenvalue weighted by molar-refractivity contribution is 6.01. The molecular weight excluding hydrogens is 344 g/mol. The number of nitrogens with zero attached hydrogens (tertiary/aromatic N) is 1. The standard InChI is InChI=1S/C21H26N2O4/c1-13-4-6-15(7-5-13)20(26)27-17-19(25)23(12-21(17,2)3)16-10-8-14(9-11-16)18(22)24/h4,8-11,15,17H,5-7,12H2,1-3H3,(H2,22,24). The van der Waals surface area contributed by atoms with Crippen LogP contribution in [0.4, 0.5) is 5.69 Å². The summed E-state index contributed by atoms with van der Waals surface area (Å²) >= 11 is 0. The van der Waals surface area contributed by atoms with Gasteiger partial charge in [-0.1, -0.05) is 25.5 Å². The Labute approximate surface area is 159 Å². The van der Waals surface area contributed by atoms with E-state index >= 15 is 0 Å². The smallest absolute Gasteiger partial charge is 0.310 e. The van der Waals surface area contributed by atoms with Crippen molar-refractivity contribution in [2.75, 3.05) is 11.4 Å². The molecule has 144 valence electrons. The zero-order chi connectivity index (χ0) is 19.8. The largest absolute Gasteiger partial charge is 0.451 e. The van der Waals surface area contributed by atoms with Gasteiger partial charge in [-0.3, -0.25) is 14.4 Å². The molecule has 1 aliphatic heterocycles. The first-order valence-electron chi connectivity index (χ1n) is 9.26. The van der Waals surface area contributed by atoms with Crippen molar-refractivity contribution in [2.24, 2.45) is 17.1 Å². The van der Waals surface area contributed by atoms with Crippen molar-refractivity contribution in [3.8, 4) is 0 Å². The maximum absolute atomic E-state index is 13.0. The molecule has 0 aromatic heterocycles. The lowest BCUT2D eigenvalue weighted by Gasteiger charge is -2.26. The van der Waals surface area contributed by atoms with Gasteiger partial charge in [0.2, 0.25) is 5.91 Å². The molecular formula is C21H26N2O4. The normalized spacial score (nSPS) is 24.5. The quantitative estimate of drug-likeness (QED) is 0.652. The molecule has 6 heteroatoms. The van der Waals surface area contributed by atoms with E-state index in [1.165, 1.54) is 5.57 Å². The van der Waals surface area contributed by atoms with Crippen LogP contribution in [0.5, 0.6) is 0 Å². The molecule has 1 saturated heterocycles. The topological polar surface area (TPSA) is 89.7 Å². The van der Waals surface area contributed by atoms with Crippen LogP contribution in [-0.2, 0) is 14.3 Å². The van der Waals surface area contributed by atoms with Crippen molar-refractivity contribution in [3.05, 3.63) is 41.5 Å². The Hall–Kier alpha value is -2.63. The lowest BCUT2D eigenvalue weighted by molar-refractivity contribution is -0.162. The van der Waals surface area contributed by atoms with E-state index in [1.807, 2.05) is 13.8 Å². The Bertz CT molecular complexity index is 795. The van der Waals surface area contributed by atoms with Gasteiger partial charge in [0.25, 0.3) is 5.91 Å². The molecule has 1 aromatic carbocycles. The van der Waals surface area contributed by atoms with Crippen LogP contribution >= 0.6 is 0 Å². The summed E-state index contributed by atoms with van der Waals surface area (Å²) < 4.78 is 5.69. The van der Waals surface area contributed by atoms with Gasteiger partial charge in [0, 0.05) is 23.2 Å². The van der Waals surface area contributed by atoms with Crippen molar-refractivity contribution in [3.63, 3.8) is 0 Å². The highest BCUT2D eigenvalue weighted by Crippen LogP contribution is 2.37. The van der Waals surface area contributed by atoms with E-state index in [0.29, 0.717) is 24.2 Å². The predicted molar refractivity (Wildman–Crippen MR) is 102 cm³/mol. The summed E-state index contributed by atoms with van der Waals surface area (Å²) in [7, 11) is 0. The average Bonchev–Trinajstić information content (AvgIpc) is 2.85. The zero-order valence-corrected chi connectivity index (χ0v) is 16.0. The maximum atomic E-state index is 13.0. The van der Waals surface area contributed by atoms with Crippen molar-refractivity contribution in [1.29, 1.82) is 0 Å². The number of allylic oxidation sites excluding steroid dienone is 2. The van der Waals surface area contributed by atoms with Crippen LogP contribution in [0.15, 0.2) is 35.9 Å². The molecule has 1 fully saturated rings. The molecule has 2 aliphatic rings. The predicted octanol–water partition coefficient (Wildman–Crippen LogP) is 2.82. The number of benzene rings is 1. The summed E-state index contributed by atoms with van der Waals surface area (Å²) in [5.74, 6) is -1.22. The van der Waals surface area contributed by atoms with Crippen LogP contribution in [0.1, 0.15) is 50.4 Å². The fourth-order valence-corrected chi connectivity index (χ4v) is 3.67. The first-order valence-corrected chi connectivity index (χ1v) is 9.26. The van der Waals surface area contributed by atoms with Gasteiger partial charge in [0.1, 0.15) is 0 Å². The monoisotopic (exact) mass is 370 g/mol. The zero-order valence-electron chi connectivity index (χ0n) is 16.0. The van der Waals surface area contributed by atoms with Crippen molar-refractivity contribution >= 4 is 23.5 Å². The number of anilines is 1. The summed E-state index contributed by atoms with van der Waals surface area (Å²) in [6.07, 6.45) is 3.59. The third kappa shape index (κ3) is 3.89. The molecule has 27 heavy (non-hydrogen) atoms. The molecule has 0 saturated carbocycles. The van der Waals surface area contributed by atoms with E-state index in [-0.39, 0.29) is 17.8 Å². The highest BCUT2D eigenvalue weighted by atomic mass is 16.6. The fraction of sp³-hybridized carbons (Fsp3) is 0.476. The first-order chi connectivity index (χ1) is 12.7. The first kappa shape index (κ1) is 19.1. The van der Waals surface area contributed by atoms with Gasteiger partial charge >= 0.3 is 5.97 Å². The Balaban J connectivity index is 1.74.